The van der Waals surface area contributed by atoms with Crippen molar-refractivity contribution in [3.63, 3.8) is 0 Å². The van der Waals surface area contributed by atoms with Crippen molar-refractivity contribution in [2.24, 2.45) is 0 Å². The lowest BCUT2D eigenvalue weighted by molar-refractivity contribution is 0.515. The van der Waals surface area contributed by atoms with Crippen LogP contribution >= 0.6 is 23.8 Å². The molecule has 0 radical (unpaired) electrons. The van der Waals surface area contributed by atoms with Crippen molar-refractivity contribution in [1.29, 1.82) is 0 Å². The van der Waals surface area contributed by atoms with Gasteiger partial charge in [-0.2, -0.15) is 0 Å². The van der Waals surface area contributed by atoms with Gasteiger partial charge in [0.15, 0.2) is 5.11 Å². The average molecular weight is 285 g/mol. The molecule has 18 heavy (non-hydrogen) atoms. The highest BCUT2D eigenvalue weighted by Gasteiger charge is 2.37. The molecule has 2 N–H and O–H groups in total. The lowest BCUT2D eigenvalue weighted by Crippen LogP contribution is -2.53. The van der Waals surface area contributed by atoms with E-state index in [-0.39, 0.29) is 10.9 Å². The molecule has 2 nitrogen and oxygen atoms in total. The van der Waals surface area contributed by atoms with Crippen molar-refractivity contribution in [2.75, 3.05) is 0 Å². The predicted molar refractivity (Wildman–Crippen MR) is 82.1 cm³/mol. The minimum atomic E-state index is -0.366. The van der Waals surface area contributed by atoms with Crippen LogP contribution in [0.4, 0.5) is 0 Å². The molecule has 0 bridgehead atoms. The minimum Gasteiger partial charge on any atom is -0.360 e. The number of alkyl halides is 1. The van der Waals surface area contributed by atoms with Gasteiger partial charge in [0.1, 0.15) is 0 Å². The maximum Gasteiger partial charge on any atom is 0.167 e. The monoisotopic (exact) mass is 284 g/mol. The highest BCUT2D eigenvalue weighted by Crippen LogP contribution is 2.34. The molecular weight excluding hydrogens is 264 g/mol. The van der Waals surface area contributed by atoms with Crippen molar-refractivity contribution in [3.05, 3.63) is 23.8 Å². The summed E-state index contributed by atoms with van der Waals surface area (Å²) in [5.41, 5.74) is 1.31. The third-order valence-electron chi connectivity index (χ3n) is 3.67. The Hall–Kier alpha value is -0.540. The van der Waals surface area contributed by atoms with Gasteiger partial charge >= 0.3 is 0 Å². The number of hydrogen-bond acceptors (Lipinski definition) is 1. The predicted octanol–water partition coefficient (Wildman–Crippen LogP) is 3.28. The summed E-state index contributed by atoms with van der Waals surface area (Å²) in [6, 6.07) is 0.669. The van der Waals surface area contributed by atoms with Gasteiger partial charge in [0.05, 0.1) is 10.9 Å². The SMILES string of the molecule is CCC1=CC=CC(Cl)(CC)C1NC(=S)NC1CC1. The Kier molecular flexibility index (Phi) is 4.33. The lowest BCUT2D eigenvalue weighted by Gasteiger charge is -2.37. The average Bonchev–Trinajstić information content (AvgIpc) is 3.15. The summed E-state index contributed by atoms with van der Waals surface area (Å²) in [5.74, 6) is 0. The van der Waals surface area contributed by atoms with Crippen molar-refractivity contribution in [1.82, 2.24) is 10.6 Å². The topological polar surface area (TPSA) is 24.1 Å². The molecule has 2 atom stereocenters. The lowest BCUT2D eigenvalue weighted by atomic mass is 9.84. The van der Waals surface area contributed by atoms with Crippen LogP contribution in [0.2, 0.25) is 0 Å². The van der Waals surface area contributed by atoms with E-state index in [0.717, 1.165) is 18.0 Å². The van der Waals surface area contributed by atoms with Crippen LogP contribution in [0.25, 0.3) is 0 Å². The van der Waals surface area contributed by atoms with Gasteiger partial charge in [0.2, 0.25) is 0 Å². The molecule has 0 heterocycles. The molecule has 2 aliphatic rings. The molecule has 4 heteroatoms. The number of halogens is 1. The van der Waals surface area contributed by atoms with Crippen molar-refractivity contribution < 1.29 is 0 Å². The van der Waals surface area contributed by atoms with Crippen molar-refractivity contribution >= 4 is 28.9 Å². The second-order valence-electron chi connectivity index (χ2n) is 5.06. The molecule has 0 aromatic rings. The molecular formula is C14H21ClN2S. The summed E-state index contributed by atoms with van der Waals surface area (Å²) in [4.78, 5) is -0.366. The van der Waals surface area contributed by atoms with Crippen LogP contribution in [0, 0.1) is 0 Å². The summed E-state index contributed by atoms with van der Waals surface area (Å²) in [6.45, 7) is 4.27. The van der Waals surface area contributed by atoms with Crippen LogP contribution < -0.4 is 10.6 Å². The van der Waals surface area contributed by atoms with Crippen LogP contribution in [0.15, 0.2) is 23.8 Å². The fourth-order valence-corrected chi connectivity index (χ4v) is 2.83. The van der Waals surface area contributed by atoms with Crippen LogP contribution in [0.5, 0.6) is 0 Å². The maximum absolute atomic E-state index is 6.72. The first-order valence-corrected chi connectivity index (χ1v) is 7.52. The number of hydrogen-bond donors (Lipinski definition) is 2. The third-order valence-corrected chi connectivity index (χ3v) is 4.52. The Bertz CT molecular complexity index is 387. The van der Waals surface area contributed by atoms with E-state index >= 15 is 0 Å². The fourth-order valence-electron chi connectivity index (χ4n) is 2.27. The van der Waals surface area contributed by atoms with E-state index in [1.54, 1.807) is 0 Å². The summed E-state index contributed by atoms with van der Waals surface area (Å²) in [7, 11) is 0. The van der Waals surface area contributed by atoms with Crippen LogP contribution in [0.3, 0.4) is 0 Å². The number of rotatable bonds is 4. The summed E-state index contributed by atoms with van der Waals surface area (Å²) in [6.07, 6.45) is 10.6. The molecule has 0 aliphatic heterocycles. The first kappa shape index (κ1) is 13.9. The first-order chi connectivity index (χ1) is 8.59. The van der Waals surface area contributed by atoms with Crippen molar-refractivity contribution in [3.8, 4) is 0 Å². The van der Waals surface area contributed by atoms with Gasteiger partial charge < -0.3 is 10.6 Å². The van der Waals surface area contributed by atoms with E-state index in [1.807, 2.05) is 0 Å². The van der Waals surface area contributed by atoms with E-state index in [9.17, 15) is 0 Å². The Morgan fingerprint density at radius 2 is 2.17 bits per heavy atom. The van der Waals surface area contributed by atoms with E-state index in [0.29, 0.717) is 6.04 Å². The van der Waals surface area contributed by atoms with Crippen molar-refractivity contribution in [2.45, 2.75) is 56.5 Å². The molecule has 0 saturated heterocycles. The van der Waals surface area contributed by atoms with Gasteiger partial charge in [0.25, 0.3) is 0 Å². The highest BCUT2D eigenvalue weighted by atomic mass is 35.5. The molecule has 0 aromatic heterocycles. The molecule has 2 unspecified atom stereocenters. The van der Waals surface area contributed by atoms with E-state index in [4.69, 9.17) is 23.8 Å². The summed E-state index contributed by atoms with van der Waals surface area (Å²) >= 11 is 12.1. The quantitative estimate of drug-likeness (QED) is 0.612. The molecule has 100 valence electrons. The van der Waals surface area contributed by atoms with Crippen LogP contribution in [-0.2, 0) is 0 Å². The van der Waals surface area contributed by atoms with Crippen LogP contribution in [-0.4, -0.2) is 22.1 Å². The largest absolute Gasteiger partial charge is 0.360 e. The Morgan fingerprint density at radius 1 is 1.44 bits per heavy atom. The number of thiocarbonyl (C=S) groups is 1. The smallest absolute Gasteiger partial charge is 0.167 e. The zero-order chi connectivity index (χ0) is 13.2. The standard InChI is InChI=1S/C14H21ClN2S/c1-3-10-6-5-9-14(15,4-2)12(10)17-13(18)16-11-7-8-11/h5-6,9,11-12H,3-4,7-8H2,1-2H3,(H2,16,17,18). The van der Waals surface area contributed by atoms with Gasteiger partial charge in [-0.3, -0.25) is 0 Å². The molecule has 0 spiro atoms. The minimum absolute atomic E-state index is 0.0953. The fraction of sp³-hybridized carbons (Fsp3) is 0.643. The zero-order valence-electron chi connectivity index (χ0n) is 11.0. The third kappa shape index (κ3) is 3.07. The zero-order valence-corrected chi connectivity index (χ0v) is 12.6. The first-order valence-electron chi connectivity index (χ1n) is 6.73. The molecule has 2 rings (SSSR count). The molecule has 1 fully saturated rings. The Morgan fingerprint density at radius 3 is 2.72 bits per heavy atom. The van der Waals surface area contributed by atoms with Gasteiger partial charge in [-0.15, -0.1) is 11.6 Å². The van der Waals surface area contributed by atoms with E-state index in [2.05, 4.69) is 42.7 Å². The highest BCUT2D eigenvalue weighted by molar-refractivity contribution is 7.80. The summed E-state index contributed by atoms with van der Waals surface area (Å²) < 4.78 is 0. The molecule has 2 aliphatic carbocycles. The normalized spacial score (nSPS) is 30.8. The second kappa shape index (κ2) is 5.62. The maximum atomic E-state index is 6.72. The second-order valence-corrected chi connectivity index (χ2v) is 6.17. The Balaban J connectivity index is 2.07. The Labute approximate surface area is 120 Å². The van der Waals surface area contributed by atoms with E-state index < -0.39 is 0 Å². The van der Waals surface area contributed by atoms with Crippen LogP contribution in [0.1, 0.15) is 39.5 Å². The van der Waals surface area contributed by atoms with Gasteiger partial charge in [0, 0.05) is 6.04 Å². The number of allylic oxidation sites excluding steroid dienone is 2. The summed E-state index contributed by atoms with van der Waals surface area (Å²) in [5, 5.41) is 7.45. The molecule has 0 aromatic carbocycles. The number of nitrogens with one attached hydrogen (secondary N) is 2. The van der Waals surface area contributed by atoms with Gasteiger partial charge in [-0.05, 0) is 43.5 Å². The van der Waals surface area contributed by atoms with Gasteiger partial charge in [-0.25, -0.2) is 0 Å². The molecule has 0 amide bonds. The van der Waals surface area contributed by atoms with E-state index in [1.165, 1.54) is 18.4 Å². The molecule has 1 saturated carbocycles. The van der Waals surface area contributed by atoms with Gasteiger partial charge in [-0.1, -0.05) is 32.1 Å².